The minimum atomic E-state index is -0.160. The van der Waals surface area contributed by atoms with Crippen molar-refractivity contribution in [2.24, 2.45) is 0 Å². The van der Waals surface area contributed by atoms with Gasteiger partial charge in [-0.25, -0.2) is 0 Å². The van der Waals surface area contributed by atoms with E-state index < -0.39 is 0 Å². The molecule has 16 rings (SSSR count). The summed E-state index contributed by atoms with van der Waals surface area (Å²) in [6, 6.07) is 77.2. The summed E-state index contributed by atoms with van der Waals surface area (Å²) in [4.78, 5) is 0. The zero-order valence-corrected chi connectivity index (χ0v) is 54.5. The van der Waals surface area contributed by atoms with E-state index in [1.807, 2.05) is 0 Å². The van der Waals surface area contributed by atoms with Crippen molar-refractivity contribution < 1.29 is 0 Å². The Morgan fingerprint density at radius 3 is 0.795 bits per heavy atom. The molecule has 4 aliphatic carbocycles. The normalized spacial score (nSPS) is 14.8. The molecular formula is C88H80. The second-order valence-electron chi connectivity index (χ2n) is 31.6. The molecule has 0 saturated heterocycles. The fraction of sp³-hybridized carbons (Fsp3) is 0.250. The number of benzene rings is 12. The SMILES string of the molecule is CC(C)(C)c1cc(-c2c3c(c(-c4ccc5c(c4)C(C)(C)c4ccccc4-5)c4ccccc24)=c2ccc4c5c(ccc=3c25)=c2c(-c3cc(C(C)(C)C)cc(C(C)(C)C)c3)c3ccccc3c(-c3ccc5c(c3)C(C)(C)c3ccccc3-5)c2=4)cc(C(C)(C)C)c1. The molecule has 12 aromatic carbocycles. The number of hydrogen-bond acceptors (Lipinski definition) is 0. The fourth-order valence-corrected chi connectivity index (χ4v) is 16.5. The predicted molar refractivity (Wildman–Crippen MR) is 374 cm³/mol. The van der Waals surface area contributed by atoms with Gasteiger partial charge in [-0.1, -0.05) is 293 Å². The standard InChI is InChI=1S/C88H80/c1-83(2,3)53-41-51(42-54(47-53)84(4,5)6)75-63-29-19-17-27-61(63)73(49-33-35-59-57-25-21-23-31-69(57)87(13,14)71(59)45-49)79-65-37-38-66-78-68(40-39-67(77(65)78)81(75)79)82-76(52-43-55(85(7,8)9)48-56(44-52)86(10,11)12)64-30-20-18-28-62(64)74(80(66)82)50-34-36-60-58-26-22-24-32-70(58)88(15,16)72(60)46-50/h17-48H,1-16H3. The Labute approximate surface area is 519 Å². The highest BCUT2D eigenvalue weighted by atomic mass is 14.4. The van der Waals surface area contributed by atoms with Crippen molar-refractivity contribution >= 4 is 32.3 Å². The molecule has 0 nitrogen and oxygen atoms in total. The van der Waals surface area contributed by atoms with Gasteiger partial charge < -0.3 is 0 Å². The van der Waals surface area contributed by atoms with Crippen LogP contribution in [0.3, 0.4) is 0 Å². The third-order valence-corrected chi connectivity index (χ3v) is 21.3. The van der Waals surface area contributed by atoms with Gasteiger partial charge in [0.1, 0.15) is 0 Å². The lowest BCUT2D eigenvalue weighted by atomic mass is 9.77. The molecule has 432 valence electrons. The topological polar surface area (TPSA) is 0 Å². The third kappa shape index (κ3) is 7.63. The van der Waals surface area contributed by atoms with E-state index in [-0.39, 0.29) is 32.5 Å². The highest BCUT2D eigenvalue weighted by Crippen LogP contribution is 2.54. The summed E-state index contributed by atoms with van der Waals surface area (Å²) < 4.78 is 0. The zero-order valence-electron chi connectivity index (χ0n) is 54.5. The van der Waals surface area contributed by atoms with Crippen LogP contribution in [0.25, 0.3) is 99.1 Å². The largest absolute Gasteiger partial charge is 0.0619 e. The van der Waals surface area contributed by atoms with Crippen LogP contribution in [0.15, 0.2) is 194 Å². The van der Waals surface area contributed by atoms with Crippen molar-refractivity contribution in [3.63, 3.8) is 0 Å². The van der Waals surface area contributed by atoms with E-state index >= 15 is 0 Å². The highest BCUT2D eigenvalue weighted by Gasteiger charge is 2.38. The zero-order chi connectivity index (χ0) is 61.3. The molecule has 0 bridgehead atoms. The van der Waals surface area contributed by atoms with E-state index in [4.69, 9.17) is 0 Å². The molecule has 88 heavy (non-hydrogen) atoms. The minimum Gasteiger partial charge on any atom is -0.0619 e. The monoisotopic (exact) mass is 1140 g/mol. The molecule has 0 saturated carbocycles. The van der Waals surface area contributed by atoms with Gasteiger partial charge in [0.15, 0.2) is 0 Å². The van der Waals surface area contributed by atoms with E-state index in [2.05, 4.69) is 305 Å². The quantitative estimate of drug-likeness (QED) is 0.165. The summed E-state index contributed by atoms with van der Waals surface area (Å²) >= 11 is 0. The molecule has 0 radical (unpaired) electrons. The van der Waals surface area contributed by atoms with Gasteiger partial charge in [-0.3, -0.25) is 0 Å². The first-order valence-electron chi connectivity index (χ1n) is 32.3. The molecule has 0 N–H and O–H groups in total. The lowest BCUT2D eigenvalue weighted by Crippen LogP contribution is -2.16. The maximum atomic E-state index is 2.57. The lowest BCUT2D eigenvalue weighted by molar-refractivity contribution is 0.568. The Morgan fingerprint density at radius 1 is 0.239 bits per heavy atom. The first-order chi connectivity index (χ1) is 41.7. The molecule has 0 atom stereocenters. The average molecular weight is 1140 g/mol. The summed E-state index contributed by atoms with van der Waals surface area (Å²) in [7, 11) is 0. The molecule has 4 aliphatic rings. The maximum Gasteiger partial charge on any atom is 0.0159 e. The van der Waals surface area contributed by atoms with Crippen LogP contribution in [0.2, 0.25) is 0 Å². The van der Waals surface area contributed by atoms with Gasteiger partial charge in [0.25, 0.3) is 0 Å². The van der Waals surface area contributed by atoms with Crippen LogP contribution in [0.4, 0.5) is 0 Å². The molecule has 0 aliphatic heterocycles. The number of rotatable bonds is 4. The van der Waals surface area contributed by atoms with E-state index in [1.54, 1.807) is 0 Å². The number of fused-ring (bicyclic) bond motifs is 10. The van der Waals surface area contributed by atoms with Gasteiger partial charge in [-0.2, -0.15) is 0 Å². The van der Waals surface area contributed by atoms with Gasteiger partial charge in [-0.05, 0) is 219 Å². The first kappa shape index (κ1) is 54.8. The predicted octanol–water partition coefficient (Wildman–Crippen LogP) is 23.4. The molecule has 0 unspecified atom stereocenters. The Hall–Kier alpha value is -8.58. The highest BCUT2D eigenvalue weighted by molar-refractivity contribution is 6.10. The Kier molecular flexibility index (Phi) is 11.2. The van der Waals surface area contributed by atoms with Crippen LogP contribution in [-0.4, -0.2) is 0 Å². The van der Waals surface area contributed by atoms with E-state index in [0.717, 1.165) is 0 Å². The summed E-state index contributed by atoms with van der Waals surface area (Å²) in [6.45, 7) is 38.2. The molecule has 0 fully saturated rings. The average Bonchev–Trinajstić information content (AvgIpc) is 1.50. The summed E-state index contributed by atoms with van der Waals surface area (Å²) in [5.41, 5.74) is 26.2. The molecule has 0 heterocycles. The molecule has 0 aromatic heterocycles. The van der Waals surface area contributed by atoms with Crippen molar-refractivity contribution in [1.29, 1.82) is 0 Å². The van der Waals surface area contributed by atoms with Crippen molar-refractivity contribution in [3.8, 4) is 66.8 Å². The fourth-order valence-electron chi connectivity index (χ4n) is 16.5. The smallest absolute Gasteiger partial charge is 0.0159 e. The number of hydrogen-bond donors (Lipinski definition) is 0. The second-order valence-corrected chi connectivity index (χ2v) is 31.6. The Balaban J connectivity index is 1.14. The van der Waals surface area contributed by atoms with Crippen molar-refractivity contribution in [3.05, 3.63) is 280 Å². The molecule has 0 spiro atoms. The van der Waals surface area contributed by atoms with Gasteiger partial charge >= 0.3 is 0 Å². The molecule has 12 aromatic rings. The molecule has 0 amide bonds. The Bertz CT molecular complexity index is 5160. The van der Waals surface area contributed by atoms with E-state index in [0.29, 0.717) is 0 Å². The summed E-state index contributed by atoms with van der Waals surface area (Å²) in [5, 5.41) is 18.5. The van der Waals surface area contributed by atoms with Crippen molar-refractivity contribution in [2.45, 2.75) is 143 Å². The molecular weight excluding hydrogens is 1060 g/mol. The van der Waals surface area contributed by atoms with Crippen LogP contribution in [0.5, 0.6) is 0 Å². The second kappa shape index (κ2) is 18.0. The molecule has 0 heteroatoms. The van der Waals surface area contributed by atoms with Crippen LogP contribution < -0.4 is 0 Å². The Morgan fingerprint density at radius 2 is 0.500 bits per heavy atom. The van der Waals surface area contributed by atoms with E-state index in [9.17, 15) is 0 Å². The summed E-state index contributed by atoms with van der Waals surface area (Å²) in [5.74, 6) is 0. The summed E-state index contributed by atoms with van der Waals surface area (Å²) in [6.07, 6.45) is 0. The van der Waals surface area contributed by atoms with Gasteiger partial charge in [0.2, 0.25) is 0 Å². The first-order valence-corrected chi connectivity index (χ1v) is 32.3. The lowest BCUT2D eigenvalue weighted by Gasteiger charge is -2.27. The van der Waals surface area contributed by atoms with Crippen LogP contribution >= 0.6 is 0 Å². The van der Waals surface area contributed by atoms with Crippen molar-refractivity contribution in [2.75, 3.05) is 0 Å². The van der Waals surface area contributed by atoms with Crippen molar-refractivity contribution in [1.82, 2.24) is 0 Å². The van der Waals surface area contributed by atoms with Crippen LogP contribution in [0, 0.1) is 41.7 Å². The van der Waals surface area contributed by atoms with Gasteiger partial charge in [0, 0.05) is 10.8 Å². The van der Waals surface area contributed by atoms with Crippen LogP contribution in [-0.2, 0) is 32.5 Å². The van der Waals surface area contributed by atoms with Gasteiger partial charge in [-0.15, -0.1) is 0 Å². The third-order valence-electron chi connectivity index (χ3n) is 21.3. The van der Waals surface area contributed by atoms with Crippen LogP contribution in [0.1, 0.15) is 155 Å². The van der Waals surface area contributed by atoms with E-state index in [1.165, 1.54) is 185 Å². The minimum absolute atomic E-state index is 0.0708. The van der Waals surface area contributed by atoms with Gasteiger partial charge in [0.05, 0.1) is 0 Å². The maximum absolute atomic E-state index is 2.57.